The summed E-state index contributed by atoms with van der Waals surface area (Å²) in [5.74, 6) is 0. The number of aryl methyl sites for hydroxylation is 2. The summed E-state index contributed by atoms with van der Waals surface area (Å²) < 4.78 is 0. The molecule has 1 aliphatic heterocycles. The van der Waals surface area contributed by atoms with E-state index < -0.39 is 0 Å². The molecule has 0 amide bonds. The minimum absolute atomic E-state index is 0.820. The summed E-state index contributed by atoms with van der Waals surface area (Å²) in [6.45, 7) is 5.38. The highest BCUT2D eigenvalue weighted by atomic mass is 35.5. The third-order valence-electron chi connectivity index (χ3n) is 5.28. The maximum absolute atomic E-state index is 6.35. The summed E-state index contributed by atoms with van der Waals surface area (Å²) in [6, 6.07) is 15.2. The summed E-state index contributed by atoms with van der Waals surface area (Å²) in [5.41, 5.74) is 5.47. The van der Waals surface area contributed by atoms with Crippen LogP contribution in [0.25, 0.3) is 0 Å². The van der Waals surface area contributed by atoms with Crippen molar-refractivity contribution in [3.8, 4) is 0 Å². The molecule has 0 unspecified atom stereocenters. The average molecular weight is 383 g/mol. The molecule has 0 fully saturated rings. The van der Waals surface area contributed by atoms with Crippen molar-refractivity contribution in [1.29, 1.82) is 0 Å². The van der Waals surface area contributed by atoms with Crippen molar-refractivity contribution in [2.75, 3.05) is 31.6 Å². The molecule has 0 N–H and O–H groups in total. The van der Waals surface area contributed by atoms with Crippen LogP contribution in [0.3, 0.4) is 0 Å². The van der Waals surface area contributed by atoms with Crippen LogP contribution in [-0.2, 0) is 12.8 Å². The fourth-order valence-corrected chi connectivity index (χ4v) is 3.96. The second-order valence-corrected chi connectivity index (χ2v) is 7.84. The Balaban J connectivity index is 1.69. The maximum atomic E-state index is 6.35. The van der Waals surface area contributed by atoms with Crippen LogP contribution in [-0.4, -0.2) is 31.6 Å². The fraction of sp³-hybridized carbons (Fsp3) is 0.417. The molecular weight excluding hydrogens is 352 g/mol. The Kier molecular flexibility index (Phi) is 7.37. The second-order valence-electron chi connectivity index (χ2n) is 7.40. The molecule has 2 aromatic carbocycles. The second kappa shape index (κ2) is 9.96. The molecule has 3 rings (SSSR count). The summed E-state index contributed by atoms with van der Waals surface area (Å²) in [4.78, 5) is 4.88. The summed E-state index contributed by atoms with van der Waals surface area (Å²) in [6.07, 6.45) is 10.2. The van der Waals surface area contributed by atoms with Gasteiger partial charge in [0.25, 0.3) is 0 Å². The van der Waals surface area contributed by atoms with Gasteiger partial charge in [-0.25, -0.2) is 0 Å². The van der Waals surface area contributed by atoms with Crippen LogP contribution >= 0.6 is 11.6 Å². The van der Waals surface area contributed by atoms with Gasteiger partial charge in [-0.1, -0.05) is 54.9 Å². The minimum atomic E-state index is 0.820. The summed E-state index contributed by atoms with van der Waals surface area (Å²) in [7, 11) is 2.20. The smallest absolute Gasteiger partial charge is 0.0458 e. The van der Waals surface area contributed by atoms with Gasteiger partial charge in [-0.05, 0) is 75.0 Å². The van der Waals surface area contributed by atoms with E-state index in [0.29, 0.717) is 0 Å². The Morgan fingerprint density at radius 3 is 2.59 bits per heavy atom. The molecule has 0 aliphatic carbocycles. The number of nitrogens with zero attached hydrogens (tertiary/aromatic N) is 2. The number of likely N-dealkylation sites (N-methyl/N-ethyl adjacent to an activating group) is 1. The lowest BCUT2D eigenvalue weighted by molar-refractivity contribution is 0.360. The molecular formula is C24H31ClN2. The first-order valence-corrected chi connectivity index (χ1v) is 10.5. The third-order valence-corrected chi connectivity index (χ3v) is 5.51. The van der Waals surface area contributed by atoms with Gasteiger partial charge in [0.15, 0.2) is 0 Å². The molecule has 0 saturated carbocycles. The van der Waals surface area contributed by atoms with Crippen molar-refractivity contribution < 1.29 is 0 Å². The monoisotopic (exact) mass is 382 g/mol. The van der Waals surface area contributed by atoms with Crippen molar-refractivity contribution in [1.82, 2.24) is 4.90 Å². The van der Waals surface area contributed by atoms with Crippen LogP contribution in [0.2, 0.25) is 5.02 Å². The molecule has 1 aliphatic rings. The first kappa shape index (κ1) is 20.0. The van der Waals surface area contributed by atoms with Crippen molar-refractivity contribution in [3.63, 3.8) is 0 Å². The van der Waals surface area contributed by atoms with Gasteiger partial charge in [0.1, 0.15) is 0 Å². The van der Waals surface area contributed by atoms with Crippen LogP contribution in [0.4, 0.5) is 11.4 Å². The zero-order chi connectivity index (χ0) is 19.1. The Bertz CT molecular complexity index is 769. The van der Waals surface area contributed by atoms with Crippen LogP contribution < -0.4 is 4.90 Å². The molecule has 0 atom stereocenters. The van der Waals surface area contributed by atoms with Crippen LogP contribution in [0.1, 0.15) is 37.3 Å². The first-order valence-electron chi connectivity index (χ1n) is 10.2. The van der Waals surface area contributed by atoms with E-state index in [4.69, 9.17) is 11.6 Å². The van der Waals surface area contributed by atoms with E-state index >= 15 is 0 Å². The Labute approximate surface area is 169 Å². The van der Waals surface area contributed by atoms with E-state index in [1.807, 2.05) is 6.07 Å². The zero-order valence-corrected chi connectivity index (χ0v) is 17.4. The molecule has 3 heteroatoms. The van der Waals surface area contributed by atoms with E-state index in [2.05, 4.69) is 72.3 Å². The van der Waals surface area contributed by atoms with Gasteiger partial charge in [-0.3, -0.25) is 0 Å². The lowest BCUT2D eigenvalue weighted by Crippen LogP contribution is -2.23. The van der Waals surface area contributed by atoms with Gasteiger partial charge >= 0.3 is 0 Å². The number of para-hydroxylation sites is 1. The Hall–Kier alpha value is -1.77. The normalized spacial score (nSPS) is 13.7. The number of benzene rings is 2. The van der Waals surface area contributed by atoms with Crippen molar-refractivity contribution >= 4 is 23.0 Å². The van der Waals surface area contributed by atoms with Crippen molar-refractivity contribution in [2.24, 2.45) is 0 Å². The third kappa shape index (κ3) is 5.37. The van der Waals surface area contributed by atoms with E-state index in [9.17, 15) is 0 Å². The zero-order valence-electron chi connectivity index (χ0n) is 16.6. The largest absolute Gasteiger partial charge is 0.341 e. The highest BCUT2D eigenvalue weighted by Crippen LogP contribution is 2.37. The number of hydrogen-bond acceptors (Lipinski definition) is 2. The van der Waals surface area contributed by atoms with Gasteiger partial charge in [0, 0.05) is 29.5 Å². The Morgan fingerprint density at radius 1 is 1.00 bits per heavy atom. The lowest BCUT2D eigenvalue weighted by Gasteiger charge is -2.27. The quantitative estimate of drug-likeness (QED) is 0.393. The summed E-state index contributed by atoms with van der Waals surface area (Å²) in [5, 5.41) is 0.820. The van der Waals surface area contributed by atoms with Crippen LogP contribution in [0.5, 0.6) is 0 Å². The van der Waals surface area contributed by atoms with Crippen LogP contribution in [0, 0.1) is 0 Å². The SMILES string of the molecule is CC/C=C/CN(C)CCCCN1c2ccccc2CCc2ccc(Cl)cc21. The van der Waals surface area contributed by atoms with E-state index in [0.717, 1.165) is 43.9 Å². The van der Waals surface area contributed by atoms with Gasteiger partial charge in [0.05, 0.1) is 0 Å². The maximum Gasteiger partial charge on any atom is 0.0458 e. The lowest BCUT2D eigenvalue weighted by atomic mass is 10.0. The molecule has 0 saturated heterocycles. The van der Waals surface area contributed by atoms with Crippen molar-refractivity contribution in [2.45, 2.75) is 39.0 Å². The number of hydrogen-bond donors (Lipinski definition) is 0. The van der Waals surface area contributed by atoms with Gasteiger partial charge in [-0.2, -0.15) is 0 Å². The first-order chi connectivity index (χ1) is 13.2. The molecule has 0 bridgehead atoms. The van der Waals surface area contributed by atoms with Gasteiger partial charge < -0.3 is 9.80 Å². The molecule has 2 nitrogen and oxygen atoms in total. The average Bonchev–Trinajstić information content (AvgIpc) is 2.82. The number of anilines is 2. The van der Waals surface area contributed by atoms with E-state index in [1.165, 1.54) is 35.3 Å². The fourth-order valence-electron chi connectivity index (χ4n) is 3.79. The van der Waals surface area contributed by atoms with Gasteiger partial charge in [0.2, 0.25) is 0 Å². The van der Waals surface area contributed by atoms with E-state index in [-0.39, 0.29) is 0 Å². The predicted molar refractivity (Wildman–Crippen MR) is 118 cm³/mol. The van der Waals surface area contributed by atoms with Gasteiger partial charge in [-0.15, -0.1) is 0 Å². The molecule has 2 aromatic rings. The predicted octanol–water partition coefficient (Wildman–Crippen LogP) is 6.25. The van der Waals surface area contributed by atoms with Crippen LogP contribution in [0.15, 0.2) is 54.6 Å². The number of allylic oxidation sites excluding steroid dienone is 1. The number of halogens is 1. The molecule has 0 aromatic heterocycles. The molecule has 144 valence electrons. The highest BCUT2D eigenvalue weighted by molar-refractivity contribution is 6.30. The molecule has 27 heavy (non-hydrogen) atoms. The summed E-state index contributed by atoms with van der Waals surface area (Å²) >= 11 is 6.35. The molecule has 0 spiro atoms. The number of unbranched alkanes of at least 4 members (excludes halogenated alkanes) is 1. The van der Waals surface area contributed by atoms with Crippen molar-refractivity contribution in [3.05, 3.63) is 70.8 Å². The topological polar surface area (TPSA) is 6.48 Å². The molecule has 1 heterocycles. The molecule has 0 radical (unpaired) electrons. The standard InChI is InChI=1S/C24H31ClN2/c1-3-4-7-16-26(2)17-8-9-18-27-23-11-6-5-10-20(23)12-13-21-14-15-22(25)19-24(21)27/h4-7,10-11,14-15,19H,3,8-9,12-13,16-18H2,1-2H3/b7-4+. The number of rotatable bonds is 8. The van der Waals surface area contributed by atoms with E-state index in [1.54, 1.807) is 0 Å². The number of fused-ring (bicyclic) bond motifs is 2. The Morgan fingerprint density at radius 2 is 1.78 bits per heavy atom. The minimum Gasteiger partial charge on any atom is -0.341 e. The highest BCUT2D eigenvalue weighted by Gasteiger charge is 2.20.